The number of rotatable bonds is 6. The molecule has 0 radical (unpaired) electrons. The van der Waals surface area contributed by atoms with Crippen LogP contribution in [0.15, 0.2) is 12.4 Å². The van der Waals surface area contributed by atoms with Crippen LogP contribution in [-0.4, -0.2) is 68.7 Å². The van der Waals surface area contributed by atoms with Crippen LogP contribution in [0.2, 0.25) is 0 Å². The van der Waals surface area contributed by atoms with Crippen molar-refractivity contribution in [2.24, 2.45) is 0 Å². The number of ether oxygens (including phenoxy) is 3. The summed E-state index contributed by atoms with van der Waals surface area (Å²) in [5.41, 5.74) is -0.222. The maximum Gasteiger partial charge on any atom is 0.360 e. The maximum absolute atomic E-state index is 12.2. The van der Waals surface area contributed by atoms with E-state index in [1.54, 1.807) is 6.92 Å². The summed E-state index contributed by atoms with van der Waals surface area (Å²) in [6.45, 7) is 1.73. The van der Waals surface area contributed by atoms with E-state index in [4.69, 9.17) is 4.74 Å². The summed E-state index contributed by atoms with van der Waals surface area (Å²) in [4.78, 5) is 35.1. The average molecular weight is 338 g/mol. The van der Waals surface area contributed by atoms with Crippen LogP contribution in [0.3, 0.4) is 0 Å². The monoisotopic (exact) mass is 338 g/mol. The lowest BCUT2D eigenvalue weighted by Gasteiger charge is -2.14. The molecule has 2 aromatic heterocycles. The number of hydrogen-bond donors (Lipinski definition) is 0. The molecule has 0 N–H and O–H groups in total. The Morgan fingerprint density at radius 3 is 1.83 bits per heavy atom. The van der Waals surface area contributed by atoms with Gasteiger partial charge in [-0.1, -0.05) is 10.4 Å². The summed E-state index contributed by atoms with van der Waals surface area (Å²) in [5, 5.41) is 14.6. The number of esters is 3. The molecule has 0 aliphatic rings. The second-order valence-corrected chi connectivity index (χ2v) is 4.28. The Morgan fingerprint density at radius 2 is 1.46 bits per heavy atom. The molecule has 0 aliphatic carbocycles. The minimum Gasteiger partial charge on any atom is -0.464 e. The van der Waals surface area contributed by atoms with Crippen molar-refractivity contribution < 1.29 is 28.6 Å². The Hall–Kier alpha value is -3.31. The standard InChI is InChI=1S/C12H14N6O6/c1-4-24-12(21)9(17-5-7(13-15-17)10(19)22-2)18-6-8(14-16-18)11(20)23-3/h5-6,9H,4H2,1-3H3. The van der Waals surface area contributed by atoms with Gasteiger partial charge in [0.15, 0.2) is 11.4 Å². The zero-order valence-corrected chi connectivity index (χ0v) is 13.1. The molecule has 2 aromatic rings. The molecule has 0 atom stereocenters. The molecule has 0 saturated carbocycles. The van der Waals surface area contributed by atoms with Crippen molar-refractivity contribution in [3.8, 4) is 0 Å². The summed E-state index contributed by atoms with van der Waals surface area (Å²) < 4.78 is 16.1. The molecule has 2 heterocycles. The van der Waals surface area contributed by atoms with E-state index in [0.717, 1.165) is 9.36 Å². The van der Waals surface area contributed by atoms with Gasteiger partial charge in [0.1, 0.15) is 0 Å². The highest BCUT2D eigenvalue weighted by atomic mass is 16.5. The van der Waals surface area contributed by atoms with Crippen molar-refractivity contribution in [1.82, 2.24) is 30.0 Å². The highest BCUT2D eigenvalue weighted by Gasteiger charge is 2.29. The van der Waals surface area contributed by atoms with Crippen LogP contribution in [0.1, 0.15) is 34.1 Å². The van der Waals surface area contributed by atoms with E-state index in [1.165, 1.54) is 26.6 Å². The molecule has 0 amide bonds. The Bertz CT molecular complexity index is 699. The second kappa shape index (κ2) is 7.30. The zero-order chi connectivity index (χ0) is 17.7. The summed E-state index contributed by atoms with van der Waals surface area (Å²) >= 11 is 0. The lowest BCUT2D eigenvalue weighted by molar-refractivity contribution is -0.149. The molecule has 2 rings (SSSR count). The van der Waals surface area contributed by atoms with E-state index in [-0.39, 0.29) is 18.0 Å². The number of aromatic nitrogens is 6. The third-order valence-corrected chi connectivity index (χ3v) is 2.81. The largest absolute Gasteiger partial charge is 0.464 e. The van der Waals surface area contributed by atoms with Gasteiger partial charge in [-0.05, 0) is 6.92 Å². The summed E-state index contributed by atoms with van der Waals surface area (Å²) in [7, 11) is 2.37. The van der Waals surface area contributed by atoms with Crippen molar-refractivity contribution in [3.05, 3.63) is 23.8 Å². The van der Waals surface area contributed by atoms with Gasteiger partial charge < -0.3 is 14.2 Å². The van der Waals surface area contributed by atoms with Gasteiger partial charge in [0.25, 0.3) is 0 Å². The van der Waals surface area contributed by atoms with Gasteiger partial charge in [0, 0.05) is 0 Å². The molecule has 0 fully saturated rings. The normalized spacial score (nSPS) is 10.5. The Labute approximate surface area is 135 Å². The van der Waals surface area contributed by atoms with E-state index >= 15 is 0 Å². The van der Waals surface area contributed by atoms with Crippen molar-refractivity contribution in [2.75, 3.05) is 20.8 Å². The van der Waals surface area contributed by atoms with Gasteiger partial charge in [-0.25, -0.2) is 23.7 Å². The first kappa shape index (κ1) is 17.1. The zero-order valence-electron chi connectivity index (χ0n) is 13.1. The van der Waals surface area contributed by atoms with Crippen LogP contribution >= 0.6 is 0 Å². The molecule has 0 aromatic carbocycles. The second-order valence-electron chi connectivity index (χ2n) is 4.28. The Morgan fingerprint density at radius 1 is 1.00 bits per heavy atom. The fraction of sp³-hybridized carbons (Fsp3) is 0.417. The van der Waals surface area contributed by atoms with Crippen molar-refractivity contribution >= 4 is 17.9 Å². The fourth-order valence-electron chi connectivity index (χ4n) is 1.74. The van der Waals surface area contributed by atoms with E-state index in [2.05, 4.69) is 30.1 Å². The highest BCUT2D eigenvalue weighted by Crippen LogP contribution is 2.12. The number of methoxy groups -OCH3 is 2. The molecule has 12 heteroatoms. The Balaban J connectivity index is 2.40. The third-order valence-electron chi connectivity index (χ3n) is 2.81. The first-order valence-corrected chi connectivity index (χ1v) is 6.68. The molecular formula is C12H14N6O6. The number of carbonyl (C=O) groups excluding carboxylic acids is 3. The summed E-state index contributed by atoms with van der Waals surface area (Å²) in [6.07, 6.45) is 1.13. The minimum absolute atomic E-state index is 0.104. The first-order valence-electron chi connectivity index (χ1n) is 6.68. The van der Waals surface area contributed by atoms with Gasteiger partial charge in [-0.3, -0.25) is 0 Å². The van der Waals surface area contributed by atoms with Crippen molar-refractivity contribution in [2.45, 2.75) is 13.1 Å². The molecule has 0 saturated heterocycles. The number of hydrogen-bond acceptors (Lipinski definition) is 10. The van der Waals surface area contributed by atoms with Crippen LogP contribution in [-0.2, 0) is 19.0 Å². The lowest BCUT2D eigenvalue weighted by Crippen LogP contribution is -2.29. The molecular weight excluding hydrogens is 324 g/mol. The van der Waals surface area contributed by atoms with E-state index in [1.807, 2.05) is 0 Å². The van der Waals surface area contributed by atoms with Crippen LogP contribution in [0, 0.1) is 0 Å². The SMILES string of the molecule is CCOC(=O)C(n1cc(C(=O)OC)nn1)n1cc(C(=O)OC)nn1. The first-order chi connectivity index (χ1) is 11.5. The van der Waals surface area contributed by atoms with Crippen molar-refractivity contribution in [3.63, 3.8) is 0 Å². The van der Waals surface area contributed by atoms with Crippen LogP contribution in [0.5, 0.6) is 0 Å². The van der Waals surface area contributed by atoms with E-state index < -0.39 is 24.1 Å². The van der Waals surface area contributed by atoms with Crippen LogP contribution in [0.25, 0.3) is 0 Å². The highest BCUT2D eigenvalue weighted by molar-refractivity contribution is 5.87. The molecule has 0 bridgehead atoms. The molecule has 12 nitrogen and oxygen atoms in total. The fourth-order valence-corrected chi connectivity index (χ4v) is 1.74. The topological polar surface area (TPSA) is 140 Å². The molecule has 128 valence electrons. The Kier molecular flexibility index (Phi) is 5.19. The van der Waals surface area contributed by atoms with Crippen molar-refractivity contribution in [1.29, 1.82) is 0 Å². The van der Waals surface area contributed by atoms with E-state index in [0.29, 0.717) is 0 Å². The van der Waals surface area contributed by atoms with Gasteiger partial charge in [0.2, 0.25) is 6.17 Å². The summed E-state index contributed by atoms with van der Waals surface area (Å²) in [5.74, 6) is -2.18. The van der Waals surface area contributed by atoms with Gasteiger partial charge in [-0.15, -0.1) is 10.2 Å². The predicted octanol–water partition coefficient (Wildman–Crippen LogP) is -0.947. The molecule has 0 aliphatic heterocycles. The number of carbonyl (C=O) groups is 3. The molecule has 0 unspecified atom stereocenters. The lowest BCUT2D eigenvalue weighted by atomic mass is 10.4. The third kappa shape index (κ3) is 3.37. The quantitative estimate of drug-likeness (QED) is 0.478. The van der Waals surface area contributed by atoms with Gasteiger partial charge >= 0.3 is 17.9 Å². The maximum atomic E-state index is 12.2. The van der Waals surface area contributed by atoms with Crippen LogP contribution in [0.4, 0.5) is 0 Å². The number of nitrogens with zero attached hydrogens (tertiary/aromatic N) is 6. The van der Waals surface area contributed by atoms with E-state index in [9.17, 15) is 14.4 Å². The average Bonchev–Trinajstić information content (AvgIpc) is 3.24. The summed E-state index contributed by atoms with van der Waals surface area (Å²) in [6, 6.07) is 0. The minimum atomic E-state index is -1.25. The van der Waals surface area contributed by atoms with Crippen LogP contribution < -0.4 is 0 Å². The predicted molar refractivity (Wildman–Crippen MR) is 73.8 cm³/mol. The smallest absolute Gasteiger partial charge is 0.360 e. The van der Waals surface area contributed by atoms with Gasteiger partial charge in [-0.2, -0.15) is 0 Å². The molecule has 0 spiro atoms. The molecule has 24 heavy (non-hydrogen) atoms. The van der Waals surface area contributed by atoms with Gasteiger partial charge in [0.05, 0.1) is 33.2 Å².